The summed E-state index contributed by atoms with van der Waals surface area (Å²) in [5.74, 6) is 1.80. The number of nitrogens with one attached hydrogen (secondary N) is 1. The Bertz CT molecular complexity index is 783. The van der Waals surface area contributed by atoms with Crippen molar-refractivity contribution < 1.29 is 14.1 Å². The standard InChI is InChI=1S/C22H34N4O3/c1-14(2)18(27)26-12-16-10-17(24-19(28)21(4)8-6-5-7-9-21)11-22(16,13-26)20-23-15(3)25-29-20/h14,16-17H,5-13H2,1-4H3,(H,24,28)/t16?,17-,22+/m1/s1. The highest BCUT2D eigenvalue weighted by Crippen LogP contribution is 2.50. The topological polar surface area (TPSA) is 88.3 Å². The first-order valence-corrected chi connectivity index (χ1v) is 11.1. The van der Waals surface area contributed by atoms with Gasteiger partial charge in [-0.1, -0.05) is 45.2 Å². The lowest BCUT2D eigenvalue weighted by atomic mass is 9.75. The quantitative estimate of drug-likeness (QED) is 0.836. The fraction of sp³-hybridized carbons (Fsp3) is 0.818. The Morgan fingerprint density at radius 2 is 1.97 bits per heavy atom. The van der Waals surface area contributed by atoms with Crippen LogP contribution in [0.3, 0.4) is 0 Å². The van der Waals surface area contributed by atoms with Crippen LogP contribution in [0.1, 0.15) is 77.4 Å². The second kappa shape index (κ2) is 7.40. The Kier molecular flexibility index (Phi) is 5.20. The van der Waals surface area contributed by atoms with Crippen LogP contribution in [0.25, 0.3) is 0 Å². The third kappa shape index (κ3) is 3.57. The van der Waals surface area contributed by atoms with E-state index in [1.807, 2.05) is 25.7 Å². The molecule has 4 rings (SSSR count). The van der Waals surface area contributed by atoms with Gasteiger partial charge in [0, 0.05) is 30.5 Å². The molecule has 2 aliphatic carbocycles. The summed E-state index contributed by atoms with van der Waals surface area (Å²) in [6, 6.07) is 0.0924. The molecule has 7 nitrogen and oxygen atoms in total. The monoisotopic (exact) mass is 402 g/mol. The number of fused-ring (bicyclic) bond motifs is 1. The molecule has 1 aromatic rings. The van der Waals surface area contributed by atoms with E-state index < -0.39 is 0 Å². The van der Waals surface area contributed by atoms with E-state index in [2.05, 4.69) is 22.4 Å². The van der Waals surface area contributed by atoms with Gasteiger partial charge in [0.2, 0.25) is 17.7 Å². The van der Waals surface area contributed by atoms with Gasteiger partial charge in [-0.15, -0.1) is 0 Å². The van der Waals surface area contributed by atoms with Gasteiger partial charge in [0.25, 0.3) is 0 Å². The number of amides is 2. The molecular weight excluding hydrogens is 368 g/mol. The molecule has 1 N–H and O–H groups in total. The SMILES string of the molecule is Cc1noc([C@]23C[C@H](NC(=O)C4(C)CCCCC4)CC2CN(C(=O)C(C)C)C3)n1. The third-order valence-corrected chi connectivity index (χ3v) is 7.47. The van der Waals surface area contributed by atoms with Gasteiger partial charge in [0.05, 0.1) is 5.41 Å². The Hall–Kier alpha value is -1.92. The normalized spacial score (nSPS) is 31.1. The van der Waals surface area contributed by atoms with Crippen LogP contribution in [0.5, 0.6) is 0 Å². The Balaban J connectivity index is 1.53. The van der Waals surface area contributed by atoms with Crippen LogP contribution in [0.15, 0.2) is 4.52 Å². The molecule has 3 aliphatic rings. The van der Waals surface area contributed by atoms with Crippen molar-refractivity contribution in [3.8, 4) is 0 Å². The summed E-state index contributed by atoms with van der Waals surface area (Å²) in [6.07, 6.45) is 7.05. The van der Waals surface area contributed by atoms with Gasteiger partial charge in [-0.05, 0) is 38.5 Å². The molecule has 0 bridgehead atoms. The number of aryl methyl sites for hydroxylation is 1. The lowest BCUT2D eigenvalue weighted by Crippen LogP contribution is -2.46. The van der Waals surface area contributed by atoms with Crippen molar-refractivity contribution in [2.24, 2.45) is 17.3 Å². The van der Waals surface area contributed by atoms with Crippen molar-refractivity contribution >= 4 is 11.8 Å². The summed E-state index contributed by atoms with van der Waals surface area (Å²) in [4.78, 5) is 32.2. The van der Waals surface area contributed by atoms with Crippen LogP contribution < -0.4 is 5.32 Å². The maximum Gasteiger partial charge on any atom is 0.235 e. The first kappa shape index (κ1) is 20.4. The maximum atomic E-state index is 13.1. The number of likely N-dealkylation sites (tertiary alicyclic amines) is 1. The zero-order valence-corrected chi connectivity index (χ0v) is 18.2. The van der Waals surface area contributed by atoms with E-state index in [0.29, 0.717) is 24.8 Å². The van der Waals surface area contributed by atoms with E-state index in [0.717, 1.165) is 38.5 Å². The zero-order valence-electron chi connectivity index (χ0n) is 18.2. The summed E-state index contributed by atoms with van der Waals surface area (Å²) < 4.78 is 5.62. The number of carbonyl (C=O) groups excluding carboxylic acids is 2. The van der Waals surface area contributed by atoms with E-state index in [1.54, 1.807) is 0 Å². The number of carbonyl (C=O) groups is 2. The molecule has 29 heavy (non-hydrogen) atoms. The van der Waals surface area contributed by atoms with E-state index in [4.69, 9.17) is 4.52 Å². The Morgan fingerprint density at radius 1 is 1.24 bits per heavy atom. The number of hydrogen-bond acceptors (Lipinski definition) is 5. The summed E-state index contributed by atoms with van der Waals surface area (Å²) in [5.41, 5.74) is -0.596. The summed E-state index contributed by atoms with van der Waals surface area (Å²) in [5, 5.41) is 7.37. The molecule has 160 valence electrons. The van der Waals surface area contributed by atoms with Crippen LogP contribution in [0.4, 0.5) is 0 Å². The van der Waals surface area contributed by atoms with Crippen LogP contribution in [-0.4, -0.2) is 46.0 Å². The minimum absolute atomic E-state index is 0.0305. The highest BCUT2D eigenvalue weighted by atomic mass is 16.5. The maximum absolute atomic E-state index is 13.1. The number of aromatic nitrogens is 2. The van der Waals surface area contributed by atoms with Crippen LogP contribution >= 0.6 is 0 Å². The van der Waals surface area contributed by atoms with Gasteiger partial charge in [-0.3, -0.25) is 9.59 Å². The average Bonchev–Trinajstić information content (AvgIpc) is 3.34. The second-order valence-electron chi connectivity index (χ2n) is 10.1. The fourth-order valence-electron chi connectivity index (χ4n) is 5.76. The van der Waals surface area contributed by atoms with E-state index >= 15 is 0 Å². The molecule has 1 aliphatic heterocycles. The molecule has 1 aromatic heterocycles. The van der Waals surface area contributed by atoms with Crippen molar-refractivity contribution in [1.82, 2.24) is 20.4 Å². The van der Waals surface area contributed by atoms with Crippen molar-refractivity contribution in [2.75, 3.05) is 13.1 Å². The average molecular weight is 403 g/mol. The molecule has 7 heteroatoms. The largest absolute Gasteiger partial charge is 0.353 e. The summed E-state index contributed by atoms with van der Waals surface area (Å²) >= 11 is 0. The van der Waals surface area contributed by atoms with Crippen molar-refractivity contribution in [1.29, 1.82) is 0 Å². The smallest absolute Gasteiger partial charge is 0.235 e. The van der Waals surface area contributed by atoms with Gasteiger partial charge in [0.1, 0.15) is 0 Å². The highest BCUT2D eigenvalue weighted by Gasteiger charge is 2.58. The molecule has 1 saturated heterocycles. The highest BCUT2D eigenvalue weighted by molar-refractivity contribution is 5.82. The summed E-state index contributed by atoms with van der Waals surface area (Å²) in [7, 11) is 0. The van der Waals surface area contributed by atoms with E-state index in [-0.39, 0.29) is 40.5 Å². The molecule has 0 spiro atoms. The van der Waals surface area contributed by atoms with Gasteiger partial charge in [0.15, 0.2) is 5.82 Å². The summed E-state index contributed by atoms with van der Waals surface area (Å²) in [6.45, 7) is 9.10. The van der Waals surface area contributed by atoms with Crippen LogP contribution in [0, 0.1) is 24.2 Å². The van der Waals surface area contributed by atoms with Crippen molar-refractivity contribution in [3.63, 3.8) is 0 Å². The molecule has 2 heterocycles. The fourth-order valence-corrected chi connectivity index (χ4v) is 5.76. The lowest BCUT2D eigenvalue weighted by Gasteiger charge is -2.33. The van der Waals surface area contributed by atoms with E-state index in [1.165, 1.54) is 6.42 Å². The molecule has 1 unspecified atom stereocenters. The molecule has 2 saturated carbocycles. The first-order chi connectivity index (χ1) is 13.7. The minimum atomic E-state index is -0.350. The molecule has 0 aromatic carbocycles. The molecule has 0 radical (unpaired) electrons. The Labute approximate surface area is 173 Å². The second-order valence-corrected chi connectivity index (χ2v) is 10.1. The molecule has 2 amide bonds. The van der Waals surface area contributed by atoms with Gasteiger partial charge < -0.3 is 14.7 Å². The number of hydrogen-bond donors (Lipinski definition) is 1. The first-order valence-electron chi connectivity index (χ1n) is 11.1. The molecular formula is C22H34N4O3. The zero-order chi connectivity index (χ0) is 20.8. The van der Waals surface area contributed by atoms with Crippen LogP contribution in [0.2, 0.25) is 0 Å². The van der Waals surface area contributed by atoms with Gasteiger partial charge in [-0.2, -0.15) is 4.98 Å². The predicted molar refractivity (Wildman–Crippen MR) is 108 cm³/mol. The predicted octanol–water partition coefficient (Wildman–Crippen LogP) is 2.98. The van der Waals surface area contributed by atoms with Crippen molar-refractivity contribution in [3.05, 3.63) is 11.7 Å². The number of nitrogens with zero attached hydrogens (tertiary/aromatic N) is 3. The van der Waals surface area contributed by atoms with Gasteiger partial charge in [-0.25, -0.2) is 0 Å². The van der Waals surface area contributed by atoms with Crippen LogP contribution in [-0.2, 0) is 15.0 Å². The van der Waals surface area contributed by atoms with Gasteiger partial charge >= 0.3 is 0 Å². The molecule has 3 atom stereocenters. The van der Waals surface area contributed by atoms with Crippen molar-refractivity contribution in [2.45, 2.75) is 84.1 Å². The minimum Gasteiger partial charge on any atom is -0.353 e. The van der Waals surface area contributed by atoms with E-state index in [9.17, 15) is 9.59 Å². The molecule has 3 fully saturated rings. The number of rotatable bonds is 4. The Morgan fingerprint density at radius 3 is 2.59 bits per heavy atom. The lowest BCUT2D eigenvalue weighted by molar-refractivity contribution is -0.134. The third-order valence-electron chi connectivity index (χ3n) is 7.47.